The van der Waals surface area contributed by atoms with E-state index in [0.29, 0.717) is 38.2 Å². The topological polar surface area (TPSA) is 94.8 Å². The highest BCUT2D eigenvalue weighted by Crippen LogP contribution is 2.35. The summed E-state index contributed by atoms with van der Waals surface area (Å²) in [7, 11) is -1.01. The van der Waals surface area contributed by atoms with E-state index in [4.69, 9.17) is 13.9 Å². The maximum Gasteiger partial charge on any atom is 0.396 e. The number of ether oxygens (including phenoxy) is 2. The lowest BCUT2D eigenvalue weighted by molar-refractivity contribution is 0.354. The monoisotopic (exact) mass is 417 g/mol. The quantitative estimate of drug-likeness (QED) is 0.530. The zero-order valence-corrected chi connectivity index (χ0v) is 16.5. The highest BCUT2D eigenvalue weighted by atomic mass is 32.2. The first-order valence-electron chi connectivity index (χ1n) is 8.13. The maximum absolute atomic E-state index is 13.0. The Bertz CT molecular complexity index is 1350. The average molecular weight is 417 g/mol. The molecule has 4 rings (SSSR count). The number of methoxy groups -OCH3 is 2. The first-order valence-corrected chi connectivity index (χ1v) is 10.4. The Hall–Kier alpha value is -3.04. The largest absolute Gasteiger partial charge is 0.493 e. The normalized spacial score (nSPS) is 11.6. The minimum Gasteiger partial charge on any atom is -0.493 e. The molecule has 28 heavy (non-hydrogen) atoms. The summed E-state index contributed by atoms with van der Waals surface area (Å²) < 4.78 is 44.7. The number of benzene rings is 3. The molecule has 1 aromatic heterocycles. The van der Waals surface area contributed by atoms with E-state index in [1.165, 1.54) is 32.4 Å². The van der Waals surface area contributed by atoms with Crippen LogP contribution in [0.2, 0.25) is 0 Å². The van der Waals surface area contributed by atoms with Crippen molar-refractivity contribution < 1.29 is 22.3 Å². The van der Waals surface area contributed by atoms with Gasteiger partial charge in [0.15, 0.2) is 17.1 Å². The summed E-state index contributed by atoms with van der Waals surface area (Å²) in [6.07, 6.45) is 0. The third-order valence-corrected chi connectivity index (χ3v) is 6.39. The molecule has 0 radical (unpaired) electrons. The van der Waals surface area contributed by atoms with Crippen LogP contribution in [-0.2, 0) is 10.0 Å². The van der Waals surface area contributed by atoms with Gasteiger partial charge >= 0.3 is 4.94 Å². The van der Waals surface area contributed by atoms with Gasteiger partial charge in [0.25, 0.3) is 10.0 Å². The lowest BCUT2D eigenvalue weighted by Crippen LogP contribution is -2.13. The van der Waals surface area contributed by atoms with Crippen LogP contribution in [0.4, 0.5) is 5.69 Å². The highest BCUT2D eigenvalue weighted by Gasteiger charge is 2.20. The molecule has 0 saturated carbocycles. The van der Waals surface area contributed by atoms with E-state index >= 15 is 0 Å². The Morgan fingerprint density at radius 2 is 1.68 bits per heavy atom. The summed E-state index contributed by atoms with van der Waals surface area (Å²) in [5.41, 5.74) is 0.801. The van der Waals surface area contributed by atoms with Crippen LogP contribution >= 0.6 is 11.3 Å². The molecule has 1 N–H and O–H groups in total. The van der Waals surface area contributed by atoms with Gasteiger partial charge < -0.3 is 13.9 Å². The van der Waals surface area contributed by atoms with Crippen molar-refractivity contribution in [2.45, 2.75) is 4.90 Å². The summed E-state index contributed by atoms with van der Waals surface area (Å²) in [6, 6.07) is 13.1. The number of hydrogen-bond donors (Lipinski definition) is 1. The van der Waals surface area contributed by atoms with E-state index in [0.717, 1.165) is 11.3 Å². The Morgan fingerprint density at radius 1 is 0.964 bits per heavy atom. The van der Waals surface area contributed by atoms with Gasteiger partial charge in [-0.1, -0.05) is 35.6 Å². The van der Waals surface area contributed by atoms with Gasteiger partial charge in [-0.25, -0.2) is 13.2 Å². The van der Waals surface area contributed by atoms with Gasteiger partial charge in [0, 0.05) is 16.8 Å². The molecule has 3 aromatic carbocycles. The molecule has 4 aromatic rings. The van der Waals surface area contributed by atoms with Gasteiger partial charge in [-0.15, -0.1) is 0 Å². The van der Waals surface area contributed by atoms with E-state index in [2.05, 4.69) is 4.72 Å². The molecule has 1 heterocycles. The molecule has 0 fully saturated rings. The Morgan fingerprint density at radius 3 is 2.39 bits per heavy atom. The lowest BCUT2D eigenvalue weighted by atomic mass is 10.1. The second-order valence-electron chi connectivity index (χ2n) is 5.87. The van der Waals surface area contributed by atoms with Crippen LogP contribution in [0.1, 0.15) is 0 Å². The summed E-state index contributed by atoms with van der Waals surface area (Å²) in [6.45, 7) is 0. The van der Waals surface area contributed by atoms with Gasteiger partial charge in [-0.3, -0.25) is 4.72 Å². The average Bonchev–Trinajstić information content (AvgIpc) is 3.07. The maximum atomic E-state index is 13.0. The van der Waals surface area contributed by atoms with Crippen molar-refractivity contribution in [2.24, 2.45) is 0 Å². The van der Waals surface area contributed by atoms with Crippen molar-refractivity contribution in [3.8, 4) is 11.5 Å². The van der Waals surface area contributed by atoms with Gasteiger partial charge in [-0.05, 0) is 18.2 Å². The van der Waals surface area contributed by atoms with Crippen LogP contribution in [0.25, 0.3) is 21.1 Å². The predicted octanol–water partition coefficient (Wildman–Crippen LogP) is 3.83. The molecule has 0 atom stereocenters. The van der Waals surface area contributed by atoms with Crippen molar-refractivity contribution in [3.05, 3.63) is 58.3 Å². The Labute approximate surface area is 164 Å². The number of sulfonamides is 1. The summed E-state index contributed by atoms with van der Waals surface area (Å²) >= 11 is 0.920. The van der Waals surface area contributed by atoms with Crippen LogP contribution < -0.4 is 19.1 Å². The summed E-state index contributed by atoms with van der Waals surface area (Å²) in [4.78, 5) is 11.2. The molecular formula is C19H15NO6S2. The third-order valence-electron chi connectivity index (χ3n) is 4.25. The fourth-order valence-corrected chi connectivity index (χ4v) is 4.78. The summed E-state index contributed by atoms with van der Waals surface area (Å²) in [5, 5.41) is 1.28. The van der Waals surface area contributed by atoms with E-state index in [9.17, 15) is 13.2 Å². The van der Waals surface area contributed by atoms with E-state index < -0.39 is 15.0 Å². The molecule has 0 amide bonds. The van der Waals surface area contributed by atoms with Crippen molar-refractivity contribution in [1.82, 2.24) is 0 Å². The molecule has 7 nitrogen and oxygen atoms in total. The number of nitrogens with one attached hydrogen (secondary N) is 1. The smallest absolute Gasteiger partial charge is 0.396 e. The van der Waals surface area contributed by atoms with Crippen molar-refractivity contribution in [1.29, 1.82) is 0 Å². The van der Waals surface area contributed by atoms with Gasteiger partial charge in [0.05, 0.1) is 29.5 Å². The molecule has 9 heteroatoms. The second-order valence-corrected chi connectivity index (χ2v) is 8.53. The van der Waals surface area contributed by atoms with Gasteiger partial charge in [0.1, 0.15) is 0 Å². The van der Waals surface area contributed by atoms with Crippen LogP contribution in [0.15, 0.2) is 62.6 Å². The van der Waals surface area contributed by atoms with Crippen molar-refractivity contribution >= 4 is 48.1 Å². The highest BCUT2D eigenvalue weighted by molar-refractivity contribution is 7.92. The second kappa shape index (κ2) is 6.84. The molecule has 0 aliphatic carbocycles. The lowest BCUT2D eigenvalue weighted by Gasteiger charge is -2.13. The number of rotatable bonds is 5. The molecule has 0 spiro atoms. The summed E-state index contributed by atoms with van der Waals surface area (Å²) in [5.74, 6) is 0.732. The van der Waals surface area contributed by atoms with Gasteiger partial charge in [0.2, 0.25) is 0 Å². The Kier molecular flexibility index (Phi) is 4.48. The van der Waals surface area contributed by atoms with E-state index in [1.54, 1.807) is 30.3 Å². The molecule has 0 unspecified atom stereocenters. The molecule has 0 bridgehead atoms. The molecule has 144 valence electrons. The minimum atomic E-state index is -3.91. The SMILES string of the molecule is COc1ccc(S(=O)(=O)Nc2cc3sc(=O)oc3c3ccccc23)cc1OC. The standard InChI is InChI=1S/C19H15NO6S2/c1-24-15-8-7-11(9-16(15)25-2)28(22,23)20-14-10-17-18(26-19(21)27-17)13-6-4-3-5-12(13)14/h3-10,20H,1-2H3. The van der Waals surface area contributed by atoms with Crippen LogP contribution in [0.5, 0.6) is 11.5 Å². The van der Waals surface area contributed by atoms with Crippen LogP contribution in [0.3, 0.4) is 0 Å². The van der Waals surface area contributed by atoms with Crippen molar-refractivity contribution in [3.63, 3.8) is 0 Å². The zero-order chi connectivity index (χ0) is 19.9. The fraction of sp³-hybridized carbons (Fsp3) is 0.105. The number of fused-ring (bicyclic) bond motifs is 3. The molecule has 0 saturated heterocycles. The third kappa shape index (κ3) is 3.08. The zero-order valence-electron chi connectivity index (χ0n) is 14.9. The van der Waals surface area contributed by atoms with E-state index in [-0.39, 0.29) is 4.90 Å². The van der Waals surface area contributed by atoms with Gasteiger partial charge in [-0.2, -0.15) is 0 Å². The molecule has 0 aliphatic heterocycles. The molecule has 0 aliphatic rings. The first-order chi connectivity index (χ1) is 13.4. The minimum absolute atomic E-state index is 0.0229. The first kappa shape index (κ1) is 18.3. The molecular weight excluding hydrogens is 402 g/mol. The van der Waals surface area contributed by atoms with E-state index in [1.807, 2.05) is 0 Å². The number of hydrogen-bond acceptors (Lipinski definition) is 7. The number of anilines is 1. The predicted molar refractivity (Wildman–Crippen MR) is 108 cm³/mol. The Balaban J connectivity index is 1.85. The fourth-order valence-electron chi connectivity index (χ4n) is 2.97. The van der Waals surface area contributed by atoms with Crippen LogP contribution in [-0.4, -0.2) is 22.6 Å². The van der Waals surface area contributed by atoms with Crippen molar-refractivity contribution in [2.75, 3.05) is 18.9 Å². The van der Waals surface area contributed by atoms with Crippen LogP contribution in [0, 0.1) is 0 Å².